The average Bonchev–Trinajstić information content (AvgIpc) is 2.17. The quantitative estimate of drug-likeness (QED) is 0.458. The monoisotopic (exact) mass is 135 g/mol. The van der Waals surface area contributed by atoms with Crippen molar-refractivity contribution in [1.29, 1.82) is 0 Å². The van der Waals surface area contributed by atoms with E-state index in [4.69, 9.17) is 9.90 Å². The first kappa shape index (κ1) is 7.78. The Hall–Kier alpha value is -0.220. The summed E-state index contributed by atoms with van der Waals surface area (Å²) in [6.07, 6.45) is 0. The summed E-state index contributed by atoms with van der Waals surface area (Å²) in [7, 11) is 0. The number of carbonyl (C=O) groups is 1. The maximum Gasteiger partial charge on any atom is 0.290 e. The smallest absolute Gasteiger partial charge is 0.290 e. The number of rotatable bonds is 0. The van der Waals surface area contributed by atoms with E-state index in [0.717, 1.165) is 0 Å². The Morgan fingerprint density at radius 3 is 2.50 bits per heavy atom. The van der Waals surface area contributed by atoms with Crippen LogP contribution in [0.1, 0.15) is 0 Å². The van der Waals surface area contributed by atoms with Crippen molar-refractivity contribution in [2.45, 2.75) is 0 Å². The molecule has 1 fully saturated rings. The van der Waals surface area contributed by atoms with Crippen LogP contribution in [0.15, 0.2) is 0 Å². The van der Waals surface area contributed by atoms with E-state index >= 15 is 0 Å². The molecule has 8 heavy (non-hydrogen) atoms. The zero-order valence-electron chi connectivity index (χ0n) is 4.46. The molecule has 1 aliphatic rings. The lowest BCUT2D eigenvalue weighted by Crippen LogP contribution is -2.04. The summed E-state index contributed by atoms with van der Waals surface area (Å²) >= 11 is 1.96. The largest absolute Gasteiger partial charge is 0.483 e. The highest BCUT2D eigenvalue weighted by Gasteiger charge is 1.93. The second kappa shape index (κ2) is 6.78. The van der Waals surface area contributed by atoms with Crippen LogP contribution >= 0.6 is 11.8 Å². The van der Waals surface area contributed by atoms with Crippen molar-refractivity contribution in [1.82, 2.24) is 5.32 Å². The lowest BCUT2D eigenvalue weighted by molar-refractivity contribution is -0.122. The summed E-state index contributed by atoms with van der Waals surface area (Å²) < 4.78 is 0. The van der Waals surface area contributed by atoms with Crippen LogP contribution in [0, 0.1) is 0 Å². The first-order chi connectivity index (χ1) is 3.91. The van der Waals surface area contributed by atoms with Gasteiger partial charge in [0.25, 0.3) is 6.47 Å². The van der Waals surface area contributed by atoms with Crippen LogP contribution in [0.2, 0.25) is 0 Å². The van der Waals surface area contributed by atoms with Crippen molar-refractivity contribution in [2.75, 3.05) is 18.2 Å². The Bertz CT molecular complexity index is 48.4. The predicted molar refractivity (Wildman–Crippen MR) is 34.0 cm³/mol. The fraction of sp³-hybridized carbons (Fsp3) is 0.750. The van der Waals surface area contributed by atoms with Crippen LogP contribution < -0.4 is 5.32 Å². The summed E-state index contributed by atoms with van der Waals surface area (Å²) in [5, 5.41) is 10.1. The summed E-state index contributed by atoms with van der Waals surface area (Å²) in [6.45, 7) is 0.963. The fourth-order valence-corrected chi connectivity index (χ4v) is 1.08. The van der Waals surface area contributed by atoms with E-state index in [1.165, 1.54) is 18.2 Å². The van der Waals surface area contributed by atoms with E-state index < -0.39 is 0 Å². The maximum atomic E-state index is 8.36. The maximum absolute atomic E-state index is 8.36. The van der Waals surface area contributed by atoms with Crippen molar-refractivity contribution >= 4 is 18.2 Å². The van der Waals surface area contributed by atoms with Crippen LogP contribution in [-0.2, 0) is 4.79 Å². The fourth-order valence-electron chi connectivity index (χ4n) is 0.361. The van der Waals surface area contributed by atoms with Crippen molar-refractivity contribution in [2.24, 2.45) is 0 Å². The van der Waals surface area contributed by atoms with Crippen molar-refractivity contribution in [3.63, 3.8) is 0 Å². The number of hydrogen-bond donors (Lipinski definition) is 2. The van der Waals surface area contributed by atoms with Crippen molar-refractivity contribution in [3.05, 3.63) is 0 Å². The molecule has 1 rings (SSSR count). The third-order valence-corrected chi connectivity index (χ3v) is 1.53. The van der Waals surface area contributed by atoms with Crippen LogP contribution in [0.3, 0.4) is 0 Å². The highest BCUT2D eigenvalue weighted by molar-refractivity contribution is 7.99. The van der Waals surface area contributed by atoms with E-state index in [1.54, 1.807) is 0 Å². The third-order valence-electron chi connectivity index (χ3n) is 0.627. The van der Waals surface area contributed by atoms with Gasteiger partial charge in [0.05, 0.1) is 0 Å². The molecule has 48 valence electrons. The molecular formula is C4H9NO2S. The minimum atomic E-state index is -0.250. The SMILES string of the molecule is C1CSCN1.O=CO. The van der Waals surface area contributed by atoms with Crippen LogP contribution in [-0.4, -0.2) is 29.8 Å². The molecule has 1 saturated heterocycles. The molecular weight excluding hydrogens is 126 g/mol. The van der Waals surface area contributed by atoms with Crippen molar-refractivity contribution < 1.29 is 9.90 Å². The Balaban J connectivity index is 0.000000145. The number of thioether (sulfide) groups is 1. The van der Waals surface area contributed by atoms with E-state index in [0.29, 0.717) is 0 Å². The van der Waals surface area contributed by atoms with Gasteiger partial charge in [0.1, 0.15) is 0 Å². The van der Waals surface area contributed by atoms with E-state index in [2.05, 4.69) is 5.32 Å². The average molecular weight is 135 g/mol. The first-order valence-corrected chi connectivity index (χ1v) is 3.43. The van der Waals surface area contributed by atoms with Gasteiger partial charge in [-0.05, 0) is 0 Å². The van der Waals surface area contributed by atoms with Gasteiger partial charge in [0, 0.05) is 18.2 Å². The Labute approximate surface area is 52.5 Å². The van der Waals surface area contributed by atoms with Gasteiger partial charge in [-0.1, -0.05) is 0 Å². The Morgan fingerprint density at radius 1 is 1.75 bits per heavy atom. The summed E-state index contributed by atoms with van der Waals surface area (Å²) in [6, 6.07) is 0. The minimum absolute atomic E-state index is 0.250. The molecule has 2 N–H and O–H groups in total. The second-order valence-electron chi connectivity index (χ2n) is 1.16. The van der Waals surface area contributed by atoms with E-state index in [1.807, 2.05) is 11.8 Å². The lowest BCUT2D eigenvalue weighted by atomic mass is 10.8. The van der Waals surface area contributed by atoms with Crippen molar-refractivity contribution in [3.8, 4) is 0 Å². The molecule has 0 unspecified atom stereocenters. The van der Waals surface area contributed by atoms with Gasteiger partial charge in [0.15, 0.2) is 0 Å². The predicted octanol–water partition coefficient (Wildman–Crippen LogP) is -0.0189. The summed E-state index contributed by atoms with van der Waals surface area (Å²) in [4.78, 5) is 8.36. The molecule has 0 spiro atoms. The van der Waals surface area contributed by atoms with Gasteiger partial charge < -0.3 is 10.4 Å². The molecule has 0 saturated carbocycles. The van der Waals surface area contributed by atoms with E-state index in [9.17, 15) is 0 Å². The molecule has 0 radical (unpaired) electrons. The third kappa shape index (κ3) is 5.78. The highest BCUT2D eigenvalue weighted by atomic mass is 32.2. The summed E-state index contributed by atoms with van der Waals surface area (Å²) in [5.41, 5.74) is 0. The van der Waals surface area contributed by atoms with Gasteiger partial charge in [-0.25, -0.2) is 0 Å². The molecule has 0 aromatic heterocycles. The molecule has 0 aromatic rings. The Morgan fingerprint density at radius 2 is 2.38 bits per heavy atom. The zero-order chi connectivity index (χ0) is 6.24. The molecule has 0 amide bonds. The number of nitrogens with one attached hydrogen (secondary N) is 1. The molecule has 1 aliphatic heterocycles. The van der Waals surface area contributed by atoms with Gasteiger partial charge >= 0.3 is 0 Å². The van der Waals surface area contributed by atoms with Crippen LogP contribution in [0.4, 0.5) is 0 Å². The first-order valence-electron chi connectivity index (χ1n) is 2.28. The second-order valence-corrected chi connectivity index (χ2v) is 2.26. The summed E-state index contributed by atoms with van der Waals surface area (Å²) in [5.74, 6) is 2.47. The van der Waals surface area contributed by atoms with Crippen LogP contribution in [0.5, 0.6) is 0 Å². The van der Waals surface area contributed by atoms with Gasteiger partial charge in [-0.15, -0.1) is 11.8 Å². The molecule has 4 heteroatoms. The van der Waals surface area contributed by atoms with E-state index in [-0.39, 0.29) is 6.47 Å². The molecule has 3 nitrogen and oxygen atoms in total. The van der Waals surface area contributed by atoms with Gasteiger partial charge in [-0.2, -0.15) is 0 Å². The molecule has 0 atom stereocenters. The van der Waals surface area contributed by atoms with Crippen LogP contribution in [0.25, 0.3) is 0 Å². The molecule has 0 aliphatic carbocycles. The topological polar surface area (TPSA) is 49.3 Å². The zero-order valence-corrected chi connectivity index (χ0v) is 5.28. The minimum Gasteiger partial charge on any atom is -0.483 e. The molecule has 1 heterocycles. The Kier molecular flexibility index (Phi) is 6.59. The standard InChI is InChI=1S/C3H7NS.CH2O2/c1-2-5-3-4-1;2-1-3/h4H,1-3H2;1H,(H,2,3). The number of hydrogen-bond acceptors (Lipinski definition) is 3. The highest BCUT2D eigenvalue weighted by Crippen LogP contribution is 1.99. The lowest BCUT2D eigenvalue weighted by Gasteiger charge is -1.74. The molecule has 0 bridgehead atoms. The number of carboxylic acid groups (broad SMARTS) is 1. The normalized spacial score (nSPS) is 16.5. The van der Waals surface area contributed by atoms with Gasteiger partial charge in [0.2, 0.25) is 0 Å². The van der Waals surface area contributed by atoms with Gasteiger partial charge in [-0.3, -0.25) is 4.79 Å². The molecule has 0 aromatic carbocycles.